The van der Waals surface area contributed by atoms with E-state index in [9.17, 15) is 4.79 Å². The predicted molar refractivity (Wildman–Crippen MR) is 86.3 cm³/mol. The highest BCUT2D eigenvalue weighted by Crippen LogP contribution is 2.30. The summed E-state index contributed by atoms with van der Waals surface area (Å²) in [6, 6.07) is 2.39. The summed E-state index contributed by atoms with van der Waals surface area (Å²) >= 11 is 0. The first-order valence-corrected chi connectivity index (χ1v) is 8.41. The Kier molecular flexibility index (Phi) is 3.56. The average Bonchev–Trinajstić information content (AvgIpc) is 3.19. The molecule has 0 aromatic carbocycles. The monoisotopic (exact) mass is 314 g/mol. The van der Waals surface area contributed by atoms with Gasteiger partial charge in [-0.05, 0) is 39.2 Å². The highest BCUT2D eigenvalue weighted by Gasteiger charge is 2.38. The first kappa shape index (κ1) is 14.6. The summed E-state index contributed by atoms with van der Waals surface area (Å²) in [5.41, 5.74) is 1.48. The molecule has 2 aromatic heterocycles. The molecule has 3 heterocycles. The number of carbonyl (C=O) groups excluding carboxylic acids is 1. The van der Waals surface area contributed by atoms with Crippen LogP contribution in [0.25, 0.3) is 11.0 Å². The summed E-state index contributed by atoms with van der Waals surface area (Å²) < 4.78 is 7.68. The minimum absolute atomic E-state index is 0.0666. The van der Waals surface area contributed by atoms with Crippen molar-refractivity contribution in [2.24, 2.45) is 0 Å². The lowest BCUT2D eigenvalue weighted by Gasteiger charge is -2.37. The molecule has 1 aliphatic carbocycles. The fraction of sp³-hybridized carbons (Fsp3) is 0.588. The second-order valence-corrected chi connectivity index (χ2v) is 6.73. The molecule has 0 radical (unpaired) electrons. The van der Waals surface area contributed by atoms with Gasteiger partial charge >= 0.3 is 0 Å². The van der Waals surface area contributed by atoms with Crippen molar-refractivity contribution in [1.29, 1.82) is 0 Å². The van der Waals surface area contributed by atoms with Crippen molar-refractivity contribution in [3.63, 3.8) is 0 Å². The summed E-state index contributed by atoms with van der Waals surface area (Å²) in [4.78, 5) is 19.4. The maximum atomic E-state index is 12.9. The number of hydrogen-bond donors (Lipinski definition) is 0. The van der Waals surface area contributed by atoms with Crippen molar-refractivity contribution in [3.8, 4) is 0 Å². The normalized spacial score (nSPS) is 24.4. The third kappa shape index (κ3) is 2.41. The van der Waals surface area contributed by atoms with Crippen molar-refractivity contribution in [2.45, 2.75) is 51.3 Å². The molecular formula is C17H22N4O2. The largest absolute Gasteiger partial charge is 0.374 e. The fourth-order valence-electron chi connectivity index (χ4n) is 3.78. The van der Waals surface area contributed by atoms with Gasteiger partial charge in [0, 0.05) is 24.2 Å². The molecule has 1 aliphatic heterocycles. The molecule has 2 aliphatic rings. The van der Waals surface area contributed by atoms with E-state index >= 15 is 0 Å². The van der Waals surface area contributed by atoms with Crippen LogP contribution in [0.4, 0.5) is 0 Å². The fourth-order valence-corrected chi connectivity index (χ4v) is 3.78. The van der Waals surface area contributed by atoms with E-state index in [4.69, 9.17) is 4.74 Å². The number of aromatic nitrogens is 3. The van der Waals surface area contributed by atoms with Gasteiger partial charge in [0.05, 0.1) is 30.5 Å². The van der Waals surface area contributed by atoms with Gasteiger partial charge in [0.25, 0.3) is 5.91 Å². The lowest BCUT2D eigenvalue weighted by molar-refractivity contribution is -0.0445. The summed E-state index contributed by atoms with van der Waals surface area (Å²) in [5, 5.41) is 5.29. The molecule has 0 N–H and O–H groups in total. The minimum Gasteiger partial charge on any atom is -0.374 e. The summed E-state index contributed by atoms with van der Waals surface area (Å²) in [6.45, 7) is 5.44. The molecule has 2 fully saturated rings. The van der Waals surface area contributed by atoms with Crippen LogP contribution in [-0.2, 0) is 4.74 Å². The van der Waals surface area contributed by atoms with Crippen molar-refractivity contribution < 1.29 is 9.53 Å². The SMILES string of the molecule is CC(C)n1ncc2cc(C(=O)N3CCO[C@H]4CCC[C@@H]43)cnc21. The van der Waals surface area contributed by atoms with Gasteiger partial charge in [-0.15, -0.1) is 0 Å². The number of ether oxygens (including phenoxy) is 1. The maximum Gasteiger partial charge on any atom is 0.255 e. The Labute approximate surface area is 135 Å². The molecule has 1 amide bonds. The Hall–Kier alpha value is -1.95. The number of carbonyl (C=O) groups is 1. The van der Waals surface area contributed by atoms with Gasteiger partial charge in [-0.25, -0.2) is 9.67 Å². The van der Waals surface area contributed by atoms with Crippen molar-refractivity contribution >= 4 is 16.9 Å². The zero-order valence-corrected chi connectivity index (χ0v) is 13.6. The van der Waals surface area contributed by atoms with E-state index in [-0.39, 0.29) is 24.1 Å². The zero-order valence-electron chi connectivity index (χ0n) is 13.6. The molecule has 0 unspecified atom stereocenters. The molecule has 23 heavy (non-hydrogen) atoms. The second kappa shape index (κ2) is 5.60. The number of nitrogens with zero attached hydrogens (tertiary/aromatic N) is 4. The van der Waals surface area contributed by atoms with Crippen LogP contribution in [0.3, 0.4) is 0 Å². The van der Waals surface area contributed by atoms with E-state index in [1.807, 2.05) is 15.6 Å². The third-order valence-corrected chi connectivity index (χ3v) is 4.91. The maximum absolute atomic E-state index is 12.9. The van der Waals surface area contributed by atoms with E-state index in [1.54, 1.807) is 12.4 Å². The molecular weight excluding hydrogens is 292 g/mol. The summed E-state index contributed by atoms with van der Waals surface area (Å²) in [7, 11) is 0. The quantitative estimate of drug-likeness (QED) is 0.854. The summed E-state index contributed by atoms with van der Waals surface area (Å²) in [6.07, 6.45) is 6.93. The van der Waals surface area contributed by atoms with Gasteiger partial charge in [-0.2, -0.15) is 5.10 Å². The molecule has 6 nitrogen and oxygen atoms in total. The molecule has 2 atom stereocenters. The van der Waals surface area contributed by atoms with E-state index in [0.29, 0.717) is 18.7 Å². The van der Waals surface area contributed by atoms with Crippen LogP contribution >= 0.6 is 0 Å². The number of fused-ring (bicyclic) bond motifs is 2. The molecule has 4 rings (SSSR count). The second-order valence-electron chi connectivity index (χ2n) is 6.73. The zero-order chi connectivity index (χ0) is 16.0. The van der Waals surface area contributed by atoms with Crippen LogP contribution in [-0.4, -0.2) is 50.9 Å². The average molecular weight is 314 g/mol. The number of hydrogen-bond acceptors (Lipinski definition) is 4. The van der Waals surface area contributed by atoms with Crippen molar-refractivity contribution in [2.75, 3.05) is 13.2 Å². The van der Waals surface area contributed by atoms with Crippen molar-refractivity contribution in [3.05, 3.63) is 24.0 Å². The van der Waals surface area contributed by atoms with Gasteiger partial charge in [0.1, 0.15) is 0 Å². The molecule has 0 bridgehead atoms. The molecule has 0 spiro atoms. The smallest absolute Gasteiger partial charge is 0.255 e. The van der Waals surface area contributed by atoms with Crippen LogP contribution in [0.1, 0.15) is 49.5 Å². The summed E-state index contributed by atoms with van der Waals surface area (Å²) in [5.74, 6) is 0.0666. The first-order chi connectivity index (χ1) is 11.1. The first-order valence-electron chi connectivity index (χ1n) is 8.41. The third-order valence-electron chi connectivity index (χ3n) is 4.91. The molecule has 122 valence electrons. The Morgan fingerprint density at radius 2 is 2.22 bits per heavy atom. The van der Waals surface area contributed by atoms with Crippen LogP contribution in [0, 0.1) is 0 Å². The minimum atomic E-state index is 0.0666. The molecule has 2 aromatic rings. The van der Waals surface area contributed by atoms with Crippen molar-refractivity contribution in [1.82, 2.24) is 19.7 Å². The number of morpholine rings is 1. The highest BCUT2D eigenvalue weighted by atomic mass is 16.5. The van der Waals surface area contributed by atoms with Crippen LogP contribution in [0.5, 0.6) is 0 Å². The lowest BCUT2D eigenvalue weighted by atomic mass is 10.1. The van der Waals surface area contributed by atoms with Crippen LogP contribution in [0.2, 0.25) is 0 Å². The Balaban J connectivity index is 1.64. The van der Waals surface area contributed by atoms with E-state index in [0.717, 1.165) is 30.3 Å². The standard InChI is InChI=1S/C17H22N4O2/c1-11(2)21-16-12(10-19-21)8-13(9-18-16)17(22)20-6-7-23-15-5-3-4-14(15)20/h8-11,14-15H,3-7H2,1-2H3/t14-,15-/m0/s1. The Bertz CT molecular complexity index is 739. The number of rotatable bonds is 2. The topological polar surface area (TPSA) is 60.2 Å². The number of pyridine rings is 1. The van der Waals surface area contributed by atoms with Crippen LogP contribution < -0.4 is 0 Å². The number of amides is 1. The predicted octanol–water partition coefficient (Wildman–Crippen LogP) is 2.41. The van der Waals surface area contributed by atoms with Gasteiger partial charge in [-0.1, -0.05) is 0 Å². The van der Waals surface area contributed by atoms with E-state index in [2.05, 4.69) is 23.9 Å². The van der Waals surface area contributed by atoms with Gasteiger partial charge in [-0.3, -0.25) is 4.79 Å². The van der Waals surface area contributed by atoms with E-state index in [1.165, 1.54) is 0 Å². The van der Waals surface area contributed by atoms with Gasteiger partial charge in [0.15, 0.2) is 5.65 Å². The lowest BCUT2D eigenvalue weighted by Crippen LogP contribution is -2.51. The van der Waals surface area contributed by atoms with Crippen LogP contribution in [0.15, 0.2) is 18.5 Å². The van der Waals surface area contributed by atoms with Gasteiger partial charge < -0.3 is 9.64 Å². The molecule has 1 saturated carbocycles. The molecule has 6 heteroatoms. The highest BCUT2D eigenvalue weighted by molar-refractivity contribution is 5.97. The Morgan fingerprint density at radius 1 is 1.35 bits per heavy atom. The Morgan fingerprint density at radius 3 is 3.04 bits per heavy atom. The van der Waals surface area contributed by atoms with Gasteiger partial charge in [0.2, 0.25) is 0 Å². The molecule has 1 saturated heterocycles. The van der Waals surface area contributed by atoms with E-state index < -0.39 is 0 Å².